The number of carbonyl (C=O) groups is 1. The molecule has 0 aliphatic heterocycles. The first-order valence-electron chi connectivity index (χ1n) is 11.3. The van der Waals surface area contributed by atoms with Crippen LogP contribution in [0.3, 0.4) is 0 Å². The topological polar surface area (TPSA) is 77.8 Å². The van der Waals surface area contributed by atoms with E-state index in [1.54, 1.807) is 12.1 Å². The lowest BCUT2D eigenvalue weighted by Gasteiger charge is -2.36. The molecule has 2 amide bonds. The number of nitriles is 1. The number of benzene rings is 3. The molecular formula is C28H18ClF5N4O. The molecule has 3 aromatic carbocycles. The number of carbonyl (C=O) groups excluding carboxylic acids is 1. The molecule has 0 aliphatic carbocycles. The van der Waals surface area contributed by atoms with Crippen molar-refractivity contribution in [1.82, 2.24) is 10.3 Å². The fourth-order valence-corrected chi connectivity index (χ4v) is 4.24. The highest BCUT2D eigenvalue weighted by Gasteiger charge is 2.41. The summed E-state index contributed by atoms with van der Waals surface area (Å²) < 4.78 is 69.6. The van der Waals surface area contributed by atoms with Gasteiger partial charge in [-0.05, 0) is 71.8 Å². The average Bonchev–Trinajstić information content (AvgIpc) is 2.88. The molecule has 0 spiro atoms. The van der Waals surface area contributed by atoms with E-state index in [1.807, 2.05) is 6.07 Å². The molecule has 0 radical (unpaired) electrons. The van der Waals surface area contributed by atoms with Gasteiger partial charge < -0.3 is 10.6 Å². The minimum absolute atomic E-state index is 0.0300. The number of nitrogens with zero attached hydrogens (tertiary/aromatic N) is 2. The third-order valence-corrected chi connectivity index (χ3v) is 6.04. The highest BCUT2D eigenvalue weighted by molar-refractivity contribution is 6.30. The zero-order valence-electron chi connectivity index (χ0n) is 19.9. The van der Waals surface area contributed by atoms with Crippen LogP contribution in [0.5, 0.6) is 0 Å². The fraction of sp³-hybridized carbons (Fsp3) is 0.107. The summed E-state index contributed by atoms with van der Waals surface area (Å²) in [6.45, 7) is 0. The molecule has 4 rings (SSSR count). The molecule has 1 atom stereocenters. The SMILES string of the molecule is N#Cc1cccc(C[C@@](NC(=O)Nc2cccc(F)c2)(c2cc(F)cc(C(F)(F)F)c2)c2ccc(Cl)cn2)c1. The number of hydrogen-bond donors (Lipinski definition) is 2. The average molecular weight is 557 g/mol. The van der Waals surface area contributed by atoms with Gasteiger partial charge in [0.2, 0.25) is 0 Å². The molecule has 1 aromatic heterocycles. The largest absolute Gasteiger partial charge is 0.416 e. The minimum atomic E-state index is -4.90. The molecule has 0 aliphatic rings. The first-order chi connectivity index (χ1) is 18.5. The van der Waals surface area contributed by atoms with E-state index in [9.17, 15) is 32.0 Å². The molecule has 5 nitrogen and oxygen atoms in total. The monoisotopic (exact) mass is 556 g/mol. The van der Waals surface area contributed by atoms with E-state index >= 15 is 0 Å². The Labute approximate surface area is 224 Å². The Morgan fingerprint density at radius 3 is 2.33 bits per heavy atom. The van der Waals surface area contributed by atoms with Crippen molar-refractivity contribution in [2.45, 2.75) is 18.1 Å². The van der Waals surface area contributed by atoms with Crippen molar-refractivity contribution >= 4 is 23.3 Å². The van der Waals surface area contributed by atoms with Gasteiger partial charge in [-0.25, -0.2) is 13.6 Å². The maximum Gasteiger partial charge on any atom is 0.416 e. The van der Waals surface area contributed by atoms with Gasteiger partial charge in [0.05, 0.1) is 27.9 Å². The molecule has 0 bridgehead atoms. The Bertz CT molecular complexity index is 1550. The van der Waals surface area contributed by atoms with Crippen molar-refractivity contribution in [2.75, 3.05) is 5.32 Å². The first-order valence-corrected chi connectivity index (χ1v) is 11.7. The van der Waals surface area contributed by atoms with Gasteiger partial charge in [0.1, 0.15) is 17.2 Å². The molecule has 4 aromatic rings. The van der Waals surface area contributed by atoms with E-state index in [4.69, 9.17) is 11.6 Å². The summed E-state index contributed by atoms with van der Waals surface area (Å²) in [5.74, 6) is -1.83. The number of nitrogens with one attached hydrogen (secondary N) is 2. The number of hydrogen-bond acceptors (Lipinski definition) is 3. The molecule has 39 heavy (non-hydrogen) atoms. The predicted octanol–water partition coefficient (Wildman–Crippen LogP) is 7.21. The van der Waals surface area contributed by atoms with Crippen LogP contribution in [0, 0.1) is 23.0 Å². The van der Waals surface area contributed by atoms with Crippen LogP contribution in [0.4, 0.5) is 32.4 Å². The highest BCUT2D eigenvalue weighted by atomic mass is 35.5. The standard InChI is InChI=1S/C28H18ClF5N4O/c29-21-7-8-25(36-16-21)27(14-17-3-1-4-18(9-17)15-35,19-10-20(28(32,33)34)12-23(31)11-19)38-26(39)37-24-6-2-5-22(30)13-24/h1-13,16H,14H2,(H2,37,38,39)/t27-/m1/s1. The minimum Gasteiger partial charge on any atom is -0.322 e. The summed E-state index contributed by atoms with van der Waals surface area (Å²) in [5.41, 5.74) is -2.69. The van der Waals surface area contributed by atoms with Crippen LogP contribution in [0.25, 0.3) is 0 Å². The lowest BCUT2D eigenvalue weighted by molar-refractivity contribution is -0.137. The van der Waals surface area contributed by atoms with E-state index in [1.165, 1.54) is 48.7 Å². The predicted molar refractivity (Wildman–Crippen MR) is 135 cm³/mol. The molecule has 198 valence electrons. The number of halogens is 6. The van der Waals surface area contributed by atoms with Gasteiger partial charge in [-0.15, -0.1) is 0 Å². The van der Waals surface area contributed by atoms with Crippen LogP contribution in [-0.4, -0.2) is 11.0 Å². The van der Waals surface area contributed by atoms with Crippen LogP contribution < -0.4 is 10.6 Å². The van der Waals surface area contributed by atoms with E-state index in [0.29, 0.717) is 11.6 Å². The van der Waals surface area contributed by atoms with Gasteiger partial charge >= 0.3 is 12.2 Å². The second-order valence-electron chi connectivity index (χ2n) is 8.57. The van der Waals surface area contributed by atoms with Gasteiger partial charge in [0.15, 0.2) is 0 Å². The quantitative estimate of drug-likeness (QED) is 0.246. The van der Waals surface area contributed by atoms with Crippen LogP contribution in [0.15, 0.2) is 85.1 Å². The lowest BCUT2D eigenvalue weighted by atomic mass is 9.79. The number of aromatic nitrogens is 1. The highest BCUT2D eigenvalue weighted by Crippen LogP contribution is 2.38. The normalized spacial score (nSPS) is 12.7. The van der Waals surface area contributed by atoms with Gasteiger partial charge in [-0.3, -0.25) is 4.98 Å². The fourth-order valence-electron chi connectivity index (χ4n) is 4.13. The summed E-state index contributed by atoms with van der Waals surface area (Å²) in [6, 6.07) is 16.9. The van der Waals surface area contributed by atoms with Crippen molar-refractivity contribution in [2.24, 2.45) is 0 Å². The van der Waals surface area contributed by atoms with E-state index in [0.717, 1.165) is 18.2 Å². The van der Waals surface area contributed by atoms with Crippen molar-refractivity contribution in [3.05, 3.63) is 130 Å². The summed E-state index contributed by atoms with van der Waals surface area (Å²) >= 11 is 6.00. The van der Waals surface area contributed by atoms with Crippen LogP contribution in [-0.2, 0) is 18.1 Å². The molecular weight excluding hydrogens is 539 g/mol. The van der Waals surface area contributed by atoms with Crippen LogP contribution >= 0.6 is 11.6 Å². The Kier molecular flexibility index (Phi) is 7.83. The summed E-state index contributed by atoms with van der Waals surface area (Å²) in [5, 5.41) is 14.7. The maximum atomic E-state index is 14.7. The smallest absolute Gasteiger partial charge is 0.322 e. The molecule has 0 saturated carbocycles. The Morgan fingerprint density at radius 2 is 1.67 bits per heavy atom. The number of alkyl halides is 3. The lowest BCUT2D eigenvalue weighted by Crippen LogP contribution is -2.50. The molecule has 11 heteroatoms. The molecule has 0 fully saturated rings. The second kappa shape index (κ2) is 11.1. The Hall–Kier alpha value is -4.49. The van der Waals surface area contributed by atoms with Crippen molar-refractivity contribution in [3.63, 3.8) is 0 Å². The third kappa shape index (κ3) is 6.51. The summed E-state index contributed by atoms with van der Waals surface area (Å²) in [6.07, 6.45) is -3.91. The molecule has 1 heterocycles. The summed E-state index contributed by atoms with van der Waals surface area (Å²) in [7, 11) is 0. The van der Waals surface area contributed by atoms with E-state index in [-0.39, 0.29) is 34.0 Å². The Balaban J connectivity index is 1.94. The zero-order chi connectivity index (χ0) is 28.2. The Morgan fingerprint density at radius 1 is 0.923 bits per heavy atom. The van der Waals surface area contributed by atoms with Gasteiger partial charge in [-0.2, -0.15) is 18.4 Å². The molecule has 0 saturated heterocycles. The van der Waals surface area contributed by atoms with E-state index < -0.39 is 34.9 Å². The van der Waals surface area contributed by atoms with Crippen LogP contribution in [0.1, 0.15) is 27.9 Å². The first kappa shape index (κ1) is 27.5. The van der Waals surface area contributed by atoms with E-state index in [2.05, 4.69) is 15.6 Å². The van der Waals surface area contributed by atoms with Gasteiger partial charge in [-0.1, -0.05) is 29.8 Å². The molecule has 0 unspecified atom stereocenters. The number of rotatable bonds is 6. The van der Waals surface area contributed by atoms with Gasteiger partial charge in [0, 0.05) is 18.3 Å². The number of anilines is 1. The number of urea groups is 1. The molecule has 2 N–H and O–H groups in total. The maximum absolute atomic E-state index is 14.7. The summed E-state index contributed by atoms with van der Waals surface area (Å²) in [4.78, 5) is 17.5. The number of pyridine rings is 1. The number of amides is 2. The second-order valence-corrected chi connectivity index (χ2v) is 9.01. The third-order valence-electron chi connectivity index (χ3n) is 5.82. The van der Waals surface area contributed by atoms with Crippen molar-refractivity contribution < 1.29 is 26.7 Å². The van der Waals surface area contributed by atoms with Crippen LogP contribution in [0.2, 0.25) is 5.02 Å². The van der Waals surface area contributed by atoms with Crippen molar-refractivity contribution in [1.29, 1.82) is 5.26 Å². The van der Waals surface area contributed by atoms with Crippen molar-refractivity contribution in [3.8, 4) is 6.07 Å². The zero-order valence-corrected chi connectivity index (χ0v) is 20.6. The van der Waals surface area contributed by atoms with Gasteiger partial charge in [0.25, 0.3) is 0 Å².